The van der Waals surface area contributed by atoms with Gasteiger partial charge in [0.05, 0.1) is 28.0 Å². The number of nitrogens with one attached hydrogen (secondary N) is 1. The summed E-state index contributed by atoms with van der Waals surface area (Å²) in [7, 11) is 0. The third-order valence-electron chi connectivity index (χ3n) is 6.57. The molecule has 3 heterocycles. The molecule has 39 heavy (non-hydrogen) atoms. The number of nitrogens with two attached hydrogens (primary N) is 1. The Bertz CT molecular complexity index is 1710. The number of hydrogen-bond donors (Lipinski definition) is 2. The molecule has 5 rings (SSSR count). The van der Waals surface area contributed by atoms with Crippen LogP contribution in [0.4, 0.5) is 11.8 Å². The van der Waals surface area contributed by atoms with Crippen molar-refractivity contribution in [2.75, 3.05) is 17.6 Å². The van der Waals surface area contributed by atoms with E-state index in [0.29, 0.717) is 29.7 Å². The van der Waals surface area contributed by atoms with Crippen LogP contribution >= 0.6 is 0 Å². The minimum atomic E-state index is -0.0522. The summed E-state index contributed by atoms with van der Waals surface area (Å²) in [5.74, 6) is 1.59. The number of benzene rings is 2. The number of hydrogen-bond acceptors (Lipinski definition) is 7. The van der Waals surface area contributed by atoms with Gasteiger partial charge < -0.3 is 11.1 Å². The summed E-state index contributed by atoms with van der Waals surface area (Å²) < 4.78 is 1.73. The topological polar surface area (TPSA) is 112 Å². The van der Waals surface area contributed by atoms with Crippen molar-refractivity contribution in [1.29, 1.82) is 0 Å². The van der Waals surface area contributed by atoms with Crippen molar-refractivity contribution in [3.05, 3.63) is 111 Å². The molecule has 8 nitrogen and oxygen atoms in total. The Labute approximate surface area is 227 Å². The van der Waals surface area contributed by atoms with E-state index < -0.39 is 0 Å². The molecule has 196 valence electrons. The van der Waals surface area contributed by atoms with Gasteiger partial charge in [-0.25, -0.2) is 9.97 Å². The molecular weight excluding hydrogens is 486 g/mol. The number of pyridine rings is 1. The Morgan fingerprint density at radius 3 is 2.51 bits per heavy atom. The van der Waals surface area contributed by atoms with Gasteiger partial charge in [0, 0.05) is 24.7 Å². The van der Waals surface area contributed by atoms with Gasteiger partial charge in [-0.15, -0.1) is 0 Å². The molecule has 0 aliphatic carbocycles. The normalized spacial score (nSPS) is 11.4. The summed E-state index contributed by atoms with van der Waals surface area (Å²) in [6.07, 6.45) is 7.05. The maximum Gasteiger partial charge on any atom is 0.266 e. The molecular formula is C31H31N7O. The van der Waals surface area contributed by atoms with Crippen molar-refractivity contribution < 1.29 is 0 Å². The zero-order chi connectivity index (χ0) is 27.4. The highest BCUT2D eigenvalue weighted by molar-refractivity contribution is 5.81. The van der Waals surface area contributed by atoms with Crippen molar-refractivity contribution in [3.8, 4) is 5.69 Å². The first-order valence-corrected chi connectivity index (χ1v) is 13.0. The molecule has 0 unspecified atom stereocenters. The highest BCUT2D eigenvalue weighted by Gasteiger charge is 2.14. The van der Waals surface area contributed by atoms with Crippen molar-refractivity contribution >= 4 is 34.8 Å². The van der Waals surface area contributed by atoms with E-state index in [2.05, 4.69) is 20.3 Å². The molecule has 3 aromatic heterocycles. The Morgan fingerprint density at radius 2 is 1.74 bits per heavy atom. The van der Waals surface area contributed by atoms with Gasteiger partial charge in [0.15, 0.2) is 0 Å². The van der Waals surface area contributed by atoms with Crippen LogP contribution in [0.2, 0.25) is 0 Å². The molecule has 8 heteroatoms. The van der Waals surface area contributed by atoms with Gasteiger partial charge in [-0.05, 0) is 74.7 Å². The van der Waals surface area contributed by atoms with Crippen LogP contribution in [-0.2, 0) is 6.42 Å². The fourth-order valence-electron chi connectivity index (χ4n) is 4.59. The average Bonchev–Trinajstić information content (AvgIpc) is 2.92. The molecule has 0 aliphatic rings. The lowest BCUT2D eigenvalue weighted by Crippen LogP contribution is -2.25. The number of fused-ring (bicyclic) bond motifs is 1. The number of rotatable bonds is 8. The van der Waals surface area contributed by atoms with Gasteiger partial charge in [-0.3, -0.25) is 14.3 Å². The van der Waals surface area contributed by atoms with Gasteiger partial charge in [-0.2, -0.15) is 4.98 Å². The minimum Gasteiger partial charge on any atom is -0.369 e. The minimum absolute atomic E-state index is 0.0522. The first kappa shape index (κ1) is 25.8. The van der Waals surface area contributed by atoms with Crippen LogP contribution in [0.15, 0.2) is 71.7 Å². The van der Waals surface area contributed by atoms with Gasteiger partial charge in [-0.1, -0.05) is 36.4 Å². The third kappa shape index (κ3) is 5.70. The second kappa shape index (κ2) is 11.3. The summed E-state index contributed by atoms with van der Waals surface area (Å²) in [5.41, 5.74) is 11.9. The van der Waals surface area contributed by atoms with Gasteiger partial charge in [0.1, 0.15) is 11.6 Å². The maximum absolute atomic E-state index is 13.6. The lowest BCUT2D eigenvalue weighted by atomic mass is 10.1. The van der Waals surface area contributed by atoms with E-state index in [-0.39, 0.29) is 11.5 Å². The van der Waals surface area contributed by atoms with Gasteiger partial charge >= 0.3 is 0 Å². The number of aryl methyl sites for hydroxylation is 4. The standard InChI is InChI=1S/C31H31N7O/c1-20-14-15-23(34-19-20)16-17-25-22(3)35-31(32)37-29(25)33-18-8-13-27-36-26-12-7-9-21(2)28(26)30(39)38(27)24-10-5-4-6-11-24/h4-7,9-12,14-17,19H,8,13,18H2,1-3H3,(H3,32,33,35,37)/b17-16+. The second-order valence-electron chi connectivity index (χ2n) is 9.53. The molecule has 0 bridgehead atoms. The first-order chi connectivity index (χ1) is 18.9. The lowest BCUT2D eigenvalue weighted by Gasteiger charge is -2.15. The van der Waals surface area contributed by atoms with E-state index >= 15 is 0 Å². The Hall–Kier alpha value is -4.85. The molecule has 3 N–H and O–H groups in total. The summed E-state index contributed by atoms with van der Waals surface area (Å²) >= 11 is 0. The highest BCUT2D eigenvalue weighted by Crippen LogP contribution is 2.21. The number of para-hydroxylation sites is 1. The van der Waals surface area contributed by atoms with Crippen LogP contribution < -0.4 is 16.6 Å². The van der Waals surface area contributed by atoms with E-state index in [1.54, 1.807) is 4.57 Å². The molecule has 0 saturated carbocycles. The van der Waals surface area contributed by atoms with E-state index in [1.807, 2.05) is 99.8 Å². The van der Waals surface area contributed by atoms with E-state index in [1.165, 1.54) is 0 Å². The van der Waals surface area contributed by atoms with Crippen LogP contribution in [0.3, 0.4) is 0 Å². The number of nitrogens with zero attached hydrogens (tertiary/aromatic N) is 5. The summed E-state index contributed by atoms with van der Waals surface area (Å²) in [5, 5.41) is 4.06. The third-order valence-corrected chi connectivity index (χ3v) is 6.57. The zero-order valence-corrected chi connectivity index (χ0v) is 22.3. The quantitative estimate of drug-likeness (QED) is 0.269. The average molecular weight is 518 g/mol. The summed E-state index contributed by atoms with van der Waals surface area (Å²) in [6, 6.07) is 19.4. The fourth-order valence-corrected chi connectivity index (χ4v) is 4.59. The summed E-state index contributed by atoms with van der Waals surface area (Å²) in [4.78, 5) is 31.7. The first-order valence-electron chi connectivity index (χ1n) is 13.0. The second-order valence-corrected chi connectivity index (χ2v) is 9.53. The van der Waals surface area contributed by atoms with Gasteiger partial charge in [0.25, 0.3) is 5.56 Å². The molecule has 5 aromatic rings. The molecule has 0 spiro atoms. The van der Waals surface area contributed by atoms with Crippen LogP contribution in [-0.4, -0.2) is 31.0 Å². The SMILES string of the molecule is Cc1ccc(/C=C/c2c(C)nc(N)nc2NCCCc2nc3cccc(C)c3c(=O)n2-c2ccccc2)nc1. The lowest BCUT2D eigenvalue weighted by molar-refractivity contribution is 0.753. The van der Waals surface area contributed by atoms with Crippen LogP contribution in [0.5, 0.6) is 0 Å². The maximum atomic E-state index is 13.6. The largest absolute Gasteiger partial charge is 0.369 e. The van der Waals surface area contributed by atoms with Crippen LogP contribution in [0, 0.1) is 20.8 Å². The molecule has 2 aromatic carbocycles. The zero-order valence-electron chi connectivity index (χ0n) is 22.3. The monoisotopic (exact) mass is 517 g/mol. The predicted molar refractivity (Wildman–Crippen MR) is 158 cm³/mol. The molecule has 0 amide bonds. The number of anilines is 2. The summed E-state index contributed by atoms with van der Waals surface area (Å²) in [6.45, 7) is 6.47. The van der Waals surface area contributed by atoms with Crippen molar-refractivity contribution in [3.63, 3.8) is 0 Å². The molecule has 0 radical (unpaired) electrons. The van der Waals surface area contributed by atoms with E-state index in [9.17, 15) is 4.79 Å². The molecule has 0 atom stereocenters. The van der Waals surface area contributed by atoms with Crippen molar-refractivity contribution in [1.82, 2.24) is 24.5 Å². The van der Waals surface area contributed by atoms with Crippen LogP contribution in [0.1, 0.15) is 40.3 Å². The molecule has 0 fully saturated rings. The highest BCUT2D eigenvalue weighted by atomic mass is 16.1. The van der Waals surface area contributed by atoms with Crippen molar-refractivity contribution in [2.24, 2.45) is 0 Å². The van der Waals surface area contributed by atoms with E-state index in [4.69, 9.17) is 10.7 Å². The van der Waals surface area contributed by atoms with E-state index in [0.717, 1.165) is 46.0 Å². The Balaban J connectivity index is 1.39. The number of aromatic nitrogens is 5. The Morgan fingerprint density at radius 1 is 0.923 bits per heavy atom. The predicted octanol–water partition coefficient (Wildman–Crippen LogP) is 5.29. The smallest absolute Gasteiger partial charge is 0.266 e. The Kier molecular flexibility index (Phi) is 7.45. The van der Waals surface area contributed by atoms with Crippen LogP contribution in [0.25, 0.3) is 28.7 Å². The van der Waals surface area contributed by atoms with Gasteiger partial charge in [0.2, 0.25) is 5.95 Å². The molecule has 0 aliphatic heterocycles. The number of nitrogen functional groups attached to an aromatic ring is 1. The molecule has 0 saturated heterocycles. The fraction of sp³-hybridized carbons (Fsp3) is 0.194. The van der Waals surface area contributed by atoms with Crippen molar-refractivity contribution in [2.45, 2.75) is 33.6 Å².